The third kappa shape index (κ3) is 7.74. The molecule has 1 aromatic carbocycles. The third-order valence-corrected chi connectivity index (χ3v) is 3.88. The van der Waals surface area contributed by atoms with Gasteiger partial charge in [0.15, 0.2) is 0 Å². The molecular weight excluding hydrogens is 345 g/mol. The zero-order chi connectivity index (χ0) is 19.3. The summed E-state index contributed by atoms with van der Waals surface area (Å²) in [7, 11) is 0. The highest BCUT2D eigenvalue weighted by atomic mass is 19.1. The molecule has 0 radical (unpaired) electrons. The Morgan fingerprint density at radius 3 is 2.74 bits per heavy atom. The number of nitrogens with one attached hydrogen (secondary N) is 2. The van der Waals surface area contributed by atoms with E-state index in [0.717, 1.165) is 36.9 Å². The SMILES string of the molecule is Cc1ccc(F)cc1OCCCCCCN/C(=N\C#N)Nc1ccncc1. The number of hydrogen-bond acceptors (Lipinski definition) is 4. The maximum atomic E-state index is 13.2. The number of nitriles is 1. The van der Waals surface area contributed by atoms with Crippen LogP contribution in [0.4, 0.5) is 10.1 Å². The van der Waals surface area contributed by atoms with E-state index >= 15 is 0 Å². The van der Waals surface area contributed by atoms with Crippen molar-refractivity contribution >= 4 is 11.6 Å². The van der Waals surface area contributed by atoms with Gasteiger partial charge in [0.1, 0.15) is 11.6 Å². The topological polar surface area (TPSA) is 82.3 Å². The molecule has 0 bridgehead atoms. The number of aromatic nitrogens is 1. The van der Waals surface area contributed by atoms with Crippen molar-refractivity contribution in [3.63, 3.8) is 0 Å². The van der Waals surface area contributed by atoms with E-state index in [4.69, 9.17) is 10.00 Å². The predicted octanol–water partition coefficient (Wildman–Crippen LogP) is 4.01. The van der Waals surface area contributed by atoms with Gasteiger partial charge in [-0.15, -0.1) is 4.99 Å². The van der Waals surface area contributed by atoms with Crippen LogP contribution in [-0.4, -0.2) is 24.1 Å². The summed E-state index contributed by atoms with van der Waals surface area (Å²) >= 11 is 0. The van der Waals surface area contributed by atoms with Crippen LogP contribution in [0, 0.1) is 24.2 Å². The Hall–Kier alpha value is -3.14. The first kappa shape index (κ1) is 20.2. The highest BCUT2D eigenvalue weighted by molar-refractivity contribution is 5.94. The number of ether oxygens (including phenoxy) is 1. The van der Waals surface area contributed by atoms with Gasteiger partial charge in [0.2, 0.25) is 12.2 Å². The van der Waals surface area contributed by atoms with E-state index in [1.165, 1.54) is 12.1 Å². The highest BCUT2D eigenvalue weighted by Gasteiger charge is 2.02. The van der Waals surface area contributed by atoms with E-state index in [9.17, 15) is 4.39 Å². The summed E-state index contributed by atoms with van der Waals surface area (Å²) in [4.78, 5) is 7.69. The fraction of sp³-hybridized carbons (Fsp3) is 0.350. The van der Waals surface area contributed by atoms with Gasteiger partial charge < -0.3 is 15.4 Å². The van der Waals surface area contributed by atoms with Crippen molar-refractivity contribution in [2.75, 3.05) is 18.5 Å². The molecule has 1 aromatic heterocycles. The van der Waals surface area contributed by atoms with Crippen LogP contribution >= 0.6 is 0 Å². The molecule has 0 saturated carbocycles. The lowest BCUT2D eigenvalue weighted by molar-refractivity contribution is 0.301. The second kappa shape index (κ2) is 11.5. The first-order valence-corrected chi connectivity index (χ1v) is 8.95. The zero-order valence-corrected chi connectivity index (χ0v) is 15.4. The number of anilines is 1. The van der Waals surface area contributed by atoms with Crippen molar-refractivity contribution in [2.45, 2.75) is 32.6 Å². The third-order valence-electron chi connectivity index (χ3n) is 3.88. The lowest BCUT2D eigenvalue weighted by Crippen LogP contribution is -2.31. The predicted molar refractivity (Wildman–Crippen MR) is 104 cm³/mol. The quantitative estimate of drug-likeness (QED) is 0.302. The van der Waals surface area contributed by atoms with E-state index in [0.29, 0.717) is 24.9 Å². The highest BCUT2D eigenvalue weighted by Crippen LogP contribution is 2.19. The summed E-state index contributed by atoms with van der Waals surface area (Å²) in [6, 6.07) is 8.17. The van der Waals surface area contributed by atoms with Crippen LogP contribution in [0.15, 0.2) is 47.7 Å². The average Bonchev–Trinajstić information content (AvgIpc) is 2.67. The number of aliphatic imine (C=N–C) groups is 1. The Bertz CT molecular complexity index is 774. The van der Waals surface area contributed by atoms with Gasteiger partial charge in [0.25, 0.3) is 0 Å². The Morgan fingerprint density at radius 1 is 1.19 bits per heavy atom. The molecule has 2 aromatic rings. The minimum absolute atomic E-state index is 0.281. The Kier molecular flexibility index (Phi) is 8.57. The lowest BCUT2D eigenvalue weighted by atomic mass is 10.2. The van der Waals surface area contributed by atoms with Gasteiger partial charge in [-0.1, -0.05) is 18.9 Å². The second-order valence-electron chi connectivity index (χ2n) is 6.02. The lowest BCUT2D eigenvalue weighted by Gasteiger charge is -2.11. The number of unbranched alkanes of at least 4 members (excludes halogenated alkanes) is 3. The monoisotopic (exact) mass is 369 g/mol. The van der Waals surface area contributed by atoms with E-state index in [-0.39, 0.29) is 5.82 Å². The van der Waals surface area contributed by atoms with Crippen molar-refractivity contribution in [3.05, 3.63) is 54.1 Å². The molecule has 0 fully saturated rings. The summed E-state index contributed by atoms with van der Waals surface area (Å²) in [5.41, 5.74) is 1.75. The minimum atomic E-state index is -0.281. The van der Waals surface area contributed by atoms with Crippen LogP contribution in [0.2, 0.25) is 0 Å². The summed E-state index contributed by atoms with van der Waals surface area (Å²) in [6.45, 7) is 3.19. The molecule has 0 aliphatic rings. The van der Waals surface area contributed by atoms with Gasteiger partial charge >= 0.3 is 0 Å². The molecule has 27 heavy (non-hydrogen) atoms. The van der Waals surface area contributed by atoms with E-state index in [1.54, 1.807) is 36.8 Å². The standard InChI is InChI=1S/C20H24FN5O/c1-16-6-7-17(21)14-19(16)27-13-5-3-2-4-10-24-20(25-15-22)26-18-8-11-23-12-9-18/h6-9,11-12,14H,2-5,10,13H2,1H3,(H2,23,24,25,26). The van der Waals surface area contributed by atoms with Gasteiger partial charge in [0.05, 0.1) is 6.61 Å². The van der Waals surface area contributed by atoms with Crippen LogP contribution in [0.3, 0.4) is 0 Å². The van der Waals surface area contributed by atoms with Crippen LogP contribution in [0.5, 0.6) is 5.75 Å². The second-order valence-corrected chi connectivity index (χ2v) is 6.02. The molecule has 142 valence electrons. The molecule has 6 nitrogen and oxygen atoms in total. The van der Waals surface area contributed by atoms with Crippen LogP contribution in [-0.2, 0) is 0 Å². The van der Waals surface area contributed by atoms with Crippen LogP contribution in [0.1, 0.15) is 31.2 Å². The maximum absolute atomic E-state index is 13.2. The Balaban J connectivity index is 1.58. The van der Waals surface area contributed by atoms with Crippen molar-refractivity contribution in [3.8, 4) is 11.9 Å². The molecule has 0 saturated heterocycles. The first-order chi connectivity index (χ1) is 13.2. The van der Waals surface area contributed by atoms with Crippen molar-refractivity contribution in [1.82, 2.24) is 10.3 Å². The molecule has 1 heterocycles. The van der Waals surface area contributed by atoms with E-state index in [1.807, 2.05) is 6.92 Å². The van der Waals surface area contributed by atoms with Crippen molar-refractivity contribution < 1.29 is 9.13 Å². The normalized spacial score (nSPS) is 10.9. The fourth-order valence-corrected chi connectivity index (χ4v) is 2.43. The minimum Gasteiger partial charge on any atom is -0.493 e. The largest absolute Gasteiger partial charge is 0.493 e. The van der Waals surface area contributed by atoms with Gasteiger partial charge in [-0.3, -0.25) is 4.98 Å². The number of halogens is 1. The molecule has 0 aliphatic heterocycles. The zero-order valence-electron chi connectivity index (χ0n) is 15.4. The number of benzene rings is 1. The molecular formula is C20H24FN5O. The first-order valence-electron chi connectivity index (χ1n) is 8.95. The van der Waals surface area contributed by atoms with Crippen molar-refractivity contribution in [2.24, 2.45) is 4.99 Å². The van der Waals surface area contributed by atoms with E-state index < -0.39 is 0 Å². The number of hydrogen-bond donors (Lipinski definition) is 2. The maximum Gasteiger partial charge on any atom is 0.211 e. The molecule has 2 rings (SSSR count). The van der Waals surface area contributed by atoms with Crippen molar-refractivity contribution in [1.29, 1.82) is 5.26 Å². The summed E-state index contributed by atoms with van der Waals surface area (Å²) < 4.78 is 18.8. The smallest absolute Gasteiger partial charge is 0.211 e. The Labute approximate surface area is 159 Å². The fourth-order valence-electron chi connectivity index (χ4n) is 2.43. The van der Waals surface area contributed by atoms with E-state index in [2.05, 4.69) is 20.6 Å². The molecule has 0 aliphatic carbocycles. The van der Waals surface area contributed by atoms with Crippen LogP contribution in [0.25, 0.3) is 0 Å². The summed E-state index contributed by atoms with van der Waals surface area (Å²) in [5.74, 6) is 0.752. The Morgan fingerprint density at radius 2 is 1.96 bits per heavy atom. The summed E-state index contributed by atoms with van der Waals surface area (Å²) in [6.07, 6.45) is 9.00. The number of guanidine groups is 1. The van der Waals surface area contributed by atoms with Gasteiger partial charge in [-0.2, -0.15) is 5.26 Å². The van der Waals surface area contributed by atoms with Crippen LogP contribution < -0.4 is 15.4 Å². The molecule has 0 atom stereocenters. The number of pyridine rings is 1. The number of aryl methyl sites for hydroxylation is 1. The molecule has 7 heteroatoms. The summed E-state index contributed by atoms with van der Waals surface area (Å²) in [5, 5.41) is 14.9. The average molecular weight is 369 g/mol. The van der Waals surface area contributed by atoms with Gasteiger partial charge in [-0.05, 0) is 43.5 Å². The molecule has 0 spiro atoms. The molecule has 0 amide bonds. The van der Waals surface area contributed by atoms with Gasteiger partial charge in [0, 0.05) is 30.7 Å². The molecule has 0 unspecified atom stereocenters. The number of rotatable bonds is 9. The number of nitrogens with zero attached hydrogens (tertiary/aromatic N) is 3. The van der Waals surface area contributed by atoms with Gasteiger partial charge in [-0.25, -0.2) is 4.39 Å². The molecule has 2 N–H and O–H groups in total.